The maximum absolute atomic E-state index is 14.3. The summed E-state index contributed by atoms with van der Waals surface area (Å²) in [6.45, 7) is 1.79. The highest BCUT2D eigenvalue weighted by Gasteiger charge is 2.66. The molecule has 2 aromatic rings. The molecular formula is C23H25FN2O2. The van der Waals surface area contributed by atoms with Gasteiger partial charge in [0, 0.05) is 43.1 Å². The average Bonchev–Trinajstić information content (AvgIpc) is 3.51. The highest BCUT2D eigenvalue weighted by molar-refractivity contribution is 5.82. The maximum Gasteiger partial charge on any atom is 0.225 e. The van der Waals surface area contributed by atoms with Crippen molar-refractivity contribution in [3.8, 4) is 0 Å². The molecule has 1 aliphatic carbocycles. The standard InChI is InChI=1S/C23H25FN2O2/c24-19-9-5-4-8-18(19)12-26-20(13-27)21(16-6-2-1-3-7-16)23(26)14-25(15-23)22(28)17-10-11-17/h1-9,17,20-21,27H,10-15H2/t20-,21+/m1/s1. The van der Waals surface area contributed by atoms with E-state index in [9.17, 15) is 14.3 Å². The first-order valence-electron chi connectivity index (χ1n) is 10.1. The number of amides is 1. The topological polar surface area (TPSA) is 43.8 Å². The normalized spacial score (nSPS) is 26.0. The van der Waals surface area contributed by atoms with Crippen molar-refractivity contribution in [2.24, 2.45) is 5.92 Å². The third-order valence-electron chi connectivity index (χ3n) is 6.75. The van der Waals surface area contributed by atoms with Gasteiger partial charge in [0.2, 0.25) is 5.91 Å². The second-order valence-electron chi connectivity index (χ2n) is 8.43. The smallest absolute Gasteiger partial charge is 0.225 e. The Balaban J connectivity index is 1.45. The van der Waals surface area contributed by atoms with E-state index in [-0.39, 0.29) is 41.7 Å². The number of nitrogens with zero attached hydrogens (tertiary/aromatic N) is 2. The van der Waals surface area contributed by atoms with Gasteiger partial charge < -0.3 is 10.0 Å². The molecule has 4 nitrogen and oxygen atoms in total. The van der Waals surface area contributed by atoms with Crippen LogP contribution in [0.15, 0.2) is 54.6 Å². The van der Waals surface area contributed by atoms with Crippen molar-refractivity contribution in [1.29, 1.82) is 0 Å². The van der Waals surface area contributed by atoms with E-state index in [4.69, 9.17) is 0 Å². The predicted molar refractivity (Wildman–Crippen MR) is 104 cm³/mol. The minimum Gasteiger partial charge on any atom is -0.395 e. The van der Waals surface area contributed by atoms with E-state index in [1.165, 1.54) is 11.6 Å². The number of benzene rings is 2. The summed E-state index contributed by atoms with van der Waals surface area (Å²) in [7, 11) is 0. The van der Waals surface area contributed by atoms with Crippen LogP contribution in [0.4, 0.5) is 4.39 Å². The van der Waals surface area contributed by atoms with Gasteiger partial charge in [-0.2, -0.15) is 0 Å². The van der Waals surface area contributed by atoms with Crippen molar-refractivity contribution in [3.63, 3.8) is 0 Å². The molecule has 1 amide bonds. The molecule has 2 aromatic carbocycles. The lowest BCUT2D eigenvalue weighted by Crippen LogP contribution is -2.84. The summed E-state index contributed by atoms with van der Waals surface area (Å²) in [5, 5.41) is 10.1. The minimum atomic E-state index is -0.221. The number of halogens is 1. The van der Waals surface area contributed by atoms with Crippen LogP contribution in [0.25, 0.3) is 0 Å². The first kappa shape index (κ1) is 17.8. The molecule has 2 heterocycles. The van der Waals surface area contributed by atoms with Gasteiger partial charge in [-0.3, -0.25) is 9.69 Å². The molecule has 0 aromatic heterocycles. The van der Waals surface area contributed by atoms with E-state index in [0.717, 1.165) is 12.8 Å². The molecule has 0 bridgehead atoms. The maximum atomic E-state index is 14.3. The first-order valence-corrected chi connectivity index (χ1v) is 10.1. The van der Waals surface area contributed by atoms with Crippen LogP contribution >= 0.6 is 0 Å². The van der Waals surface area contributed by atoms with Gasteiger partial charge in [-0.15, -0.1) is 0 Å². The second kappa shape index (κ2) is 6.68. The molecule has 0 unspecified atom stereocenters. The fourth-order valence-electron chi connectivity index (χ4n) is 5.18. The van der Waals surface area contributed by atoms with Crippen molar-refractivity contribution in [3.05, 3.63) is 71.5 Å². The minimum absolute atomic E-state index is 0.0202. The number of hydrogen-bond donors (Lipinski definition) is 1. The Hall–Kier alpha value is -2.24. The van der Waals surface area contributed by atoms with Crippen molar-refractivity contribution < 1.29 is 14.3 Å². The lowest BCUT2D eigenvalue weighted by molar-refractivity contribution is -0.201. The van der Waals surface area contributed by atoms with Gasteiger partial charge in [0.05, 0.1) is 12.1 Å². The van der Waals surface area contributed by atoms with Crippen molar-refractivity contribution in [2.75, 3.05) is 19.7 Å². The van der Waals surface area contributed by atoms with Crippen LogP contribution < -0.4 is 0 Å². The van der Waals surface area contributed by atoms with Crippen LogP contribution in [0.2, 0.25) is 0 Å². The summed E-state index contributed by atoms with van der Waals surface area (Å²) in [5.41, 5.74) is 1.60. The molecule has 146 valence electrons. The lowest BCUT2D eigenvalue weighted by atomic mass is 9.60. The summed E-state index contributed by atoms with van der Waals surface area (Å²) < 4.78 is 14.3. The van der Waals surface area contributed by atoms with Crippen molar-refractivity contribution >= 4 is 5.91 Å². The molecule has 2 atom stereocenters. The van der Waals surface area contributed by atoms with Crippen LogP contribution in [0, 0.1) is 11.7 Å². The van der Waals surface area contributed by atoms with E-state index in [0.29, 0.717) is 25.2 Å². The molecular weight excluding hydrogens is 355 g/mol. The lowest BCUT2D eigenvalue weighted by Gasteiger charge is -2.71. The van der Waals surface area contributed by atoms with E-state index in [2.05, 4.69) is 17.0 Å². The van der Waals surface area contributed by atoms with E-state index in [1.54, 1.807) is 12.1 Å². The van der Waals surface area contributed by atoms with Crippen LogP contribution in [-0.4, -0.2) is 52.1 Å². The number of hydrogen-bond acceptors (Lipinski definition) is 3. The van der Waals surface area contributed by atoms with Crippen LogP contribution in [0.1, 0.15) is 29.9 Å². The summed E-state index contributed by atoms with van der Waals surface area (Å²) in [6, 6.07) is 17.0. The number of likely N-dealkylation sites (tertiary alicyclic amines) is 2. The van der Waals surface area contributed by atoms with Gasteiger partial charge in [0.25, 0.3) is 0 Å². The Morgan fingerprint density at radius 2 is 1.75 bits per heavy atom. The van der Waals surface area contributed by atoms with Gasteiger partial charge in [-0.1, -0.05) is 48.5 Å². The van der Waals surface area contributed by atoms with Crippen molar-refractivity contribution in [2.45, 2.75) is 36.9 Å². The Morgan fingerprint density at radius 1 is 1.07 bits per heavy atom. The monoisotopic (exact) mass is 380 g/mol. The van der Waals surface area contributed by atoms with Crippen LogP contribution in [0.3, 0.4) is 0 Å². The van der Waals surface area contributed by atoms with Gasteiger partial charge >= 0.3 is 0 Å². The molecule has 1 N–H and O–H groups in total. The third kappa shape index (κ3) is 2.68. The quantitative estimate of drug-likeness (QED) is 0.868. The van der Waals surface area contributed by atoms with E-state index < -0.39 is 0 Å². The Morgan fingerprint density at radius 3 is 2.39 bits per heavy atom. The fraction of sp³-hybridized carbons (Fsp3) is 0.435. The van der Waals surface area contributed by atoms with Gasteiger partial charge in [-0.25, -0.2) is 4.39 Å². The SMILES string of the molecule is O=C(C1CC1)N1CC2(C1)[C@@H](c1ccccc1)[C@@H](CO)N2Cc1ccccc1F. The molecule has 3 fully saturated rings. The third-order valence-corrected chi connectivity index (χ3v) is 6.75. The summed E-state index contributed by atoms with van der Waals surface area (Å²) in [5.74, 6) is 0.397. The van der Waals surface area contributed by atoms with Crippen LogP contribution in [0.5, 0.6) is 0 Å². The Kier molecular flexibility index (Phi) is 4.25. The molecule has 1 spiro atoms. The highest BCUT2D eigenvalue weighted by Crippen LogP contribution is 2.55. The molecule has 5 rings (SSSR count). The number of carbonyl (C=O) groups excluding carboxylic acids is 1. The van der Waals surface area contributed by atoms with E-state index >= 15 is 0 Å². The molecule has 2 saturated heterocycles. The Labute approximate surface area is 164 Å². The molecule has 5 heteroatoms. The molecule has 0 radical (unpaired) electrons. The van der Waals surface area contributed by atoms with Gasteiger partial charge in [0.1, 0.15) is 5.82 Å². The first-order chi connectivity index (χ1) is 13.6. The molecule has 2 aliphatic heterocycles. The zero-order valence-corrected chi connectivity index (χ0v) is 15.8. The zero-order valence-electron chi connectivity index (χ0n) is 15.8. The number of aliphatic hydroxyl groups is 1. The summed E-state index contributed by atoms with van der Waals surface area (Å²) in [6.07, 6.45) is 2.01. The second-order valence-corrected chi connectivity index (χ2v) is 8.43. The highest BCUT2D eigenvalue weighted by atomic mass is 19.1. The van der Waals surface area contributed by atoms with Crippen LogP contribution in [-0.2, 0) is 11.3 Å². The van der Waals surface area contributed by atoms with Gasteiger partial charge in [0.15, 0.2) is 0 Å². The average molecular weight is 380 g/mol. The predicted octanol–water partition coefficient (Wildman–Crippen LogP) is 2.78. The number of aliphatic hydroxyl groups excluding tert-OH is 1. The zero-order chi connectivity index (χ0) is 19.3. The number of carbonyl (C=O) groups is 1. The fourth-order valence-corrected chi connectivity index (χ4v) is 5.18. The van der Waals surface area contributed by atoms with Crippen molar-refractivity contribution in [1.82, 2.24) is 9.80 Å². The molecule has 3 aliphatic rings. The summed E-state index contributed by atoms with van der Waals surface area (Å²) >= 11 is 0. The molecule has 28 heavy (non-hydrogen) atoms. The van der Waals surface area contributed by atoms with E-state index in [1.807, 2.05) is 29.2 Å². The Bertz CT molecular complexity index is 877. The molecule has 1 saturated carbocycles. The van der Waals surface area contributed by atoms with Gasteiger partial charge in [-0.05, 0) is 24.5 Å². The summed E-state index contributed by atoms with van der Waals surface area (Å²) in [4.78, 5) is 16.7. The number of rotatable bonds is 5. The largest absolute Gasteiger partial charge is 0.395 e.